The first kappa shape index (κ1) is 30.1. The van der Waals surface area contributed by atoms with Crippen LogP contribution in [-0.4, -0.2) is 113 Å². The highest BCUT2D eigenvalue weighted by molar-refractivity contribution is 7.47. The maximum Gasteiger partial charge on any atom is 0.472 e. The number of nitrogens with zero attached hydrogens (tertiary/aromatic N) is 6. The van der Waals surface area contributed by atoms with Gasteiger partial charge in [0, 0.05) is 14.2 Å². The van der Waals surface area contributed by atoms with Gasteiger partial charge < -0.3 is 45.5 Å². The van der Waals surface area contributed by atoms with E-state index in [1.807, 2.05) is 0 Å². The summed E-state index contributed by atoms with van der Waals surface area (Å²) in [5, 5.41) is 20.6. The number of hydrogen-bond donors (Lipinski definition) is 6. The molecule has 3 unspecified atom stereocenters. The van der Waals surface area contributed by atoms with E-state index in [9.17, 15) is 29.3 Å². The van der Waals surface area contributed by atoms with E-state index in [1.165, 1.54) is 25.1 Å². The Hall–Kier alpha value is -3.37. The lowest BCUT2D eigenvalue weighted by Gasteiger charge is -2.25. The summed E-state index contributed by atoms with van der Waals surface area (Å²) in [5.41, 5.74) is 9.61. The van der Waals surface area contributed by atoms with E-state index in [1.54, 1.807) is 0 Å². The fourth-order valence-corrected chi connectivity index (χ4v) is 5.76. The number of aromatic nitrogens is 7. The van der Waals surface area contributed by atoms with E-state index >= 15 is 0 Å². The zero-order valence-corrected chi connectivity index (χ0v) is 22.9. The highest BCUT2D eigenvalue weighted by Gasteiger charge is 2.51. The summed E-state index contributed by atoms with van der Waals surface area (Å²) >= 11 is 0. The fourth-order valence-electron chi connectivity index (χ4n) is 4.80. The zero-order chi connectivity index (χ0) is 30.3. The van der Waals surface area contributed by atoms with Crippen molar-refractivity contribution in [1.82, 2.24) is 34.1 Å². The van der Waals surface area contributed by atoms with Crippen molar-refractivity contribution in [3.05, 3.63) is 33.5 Å². The maximum atomic E-state index is 13.0. The van der Waals surface area contributed by atoms with Crippen LogP contribution in [0.4, 0.5) is 11.9 Å². The highest BCUT2D eigenvalue weighted by Crippen LogP contribution is 2.49. The third kappa shape index (κ3) is 5.54. The normalized spacial score (nSPS) is 31.1. The van der Waals surface area contributed by atoms with E-state index in [4.69, 9.17) is 39.5 Å². The SMILES string of the molecule is COC1[C@@H](OP(=O)(O)OC[C@H]2O[C@@H](n3cnc(N)nc3=O)[C@@H](OC)C2O)[C@@H](CO)O[C@H]1n1cnc2c(=O)[nH]c(N)nc21. The van der Waals surface area contributed by atoms with Crippen molar-refractivity contribution in [3.8, 4) is 0 Å². The highest BCUT2D eigenvalue weighted by atomic mass is 31.2. The van der Waals surface area contributed by atoms with Crippen LogP contribution in [0.3, 0.4) is 0 Å². The van der Waals surface area contributed by atoms with Gasteiger partial charge in [-0.25, -0.2) is 19.3 Å². The number of hydrogen-bond acceptors (Lipinski definition) is 17. The number of aliphatic hydroxyl groups is 2. The molecule has 0 bridgehead atoms. The Morgan fingerprint density at radius 3 is 2.36 bits per heavy atom. The van der Waals surface area contributed by atoms with Crippen LogP contribution in [0.25, 0.3) is 11.2 Å². The number of aromatic amines is 1. The standard InChI is InChI=1S/C20H28N9O12P/c1-36-12-10(31)8(40-16(12)29-6-24-18(21)27-20(29)33)4-38-42(34,35)41-11-7(3-30)39-17(13(11)37-2)28-5-23-9-14(28)25-19(22)26-15(9)32/h5-8,10-13,16-17,30-31H,3-4H2,1-2H3,(H,34,35)(H2,21,27,33)(H3,22,25,26,32)/t7-,8-,10?,11+,12+,13?,16-,17-/m1/s1. The van der Waals surface area contributed by atoms with Crippen molar-refractivity contribution >= 4 is 30.9 Å². The number of nitrogens with one attached hydrogen (secondary N) is 1. The van der Waals surface area contributed by atoms with E-state index in [-0.39, 0.29) is 23.1 Å². The van der Waals surface area contributed by atoms with Crippen LogP contribution in [0.15, 0.2) is 22.2 Å². The van der Waals surface area contributed by atoms with E-state index < -0.39 is 81.4 Å². The van der Waals surface area contributed by atoms with Crippen LogP contribution in [0, 0.1) is 0 Å². The topological polar surface area (TPSA) is 297 Å². The van der Waals surface area contributed by atoms with Gasteiger partial charge in [0.1, 0.15) is 43.0 Å². The Balaban J connectivity index is 1.31. The molecule has 0 aromatic carbocycles. The predicted molar refractivity (Wildman–Crippen MR) is 136 cm³/mol. The third-order valence-electron chi connectivity index (χ3n) is 6.72. The molecule has 3 aromatic rings. The fraction of sp³-hybridized carbons (Fsp3) is 0.600. The van der Waals surface area contributed by atoms with Gasteiger partial charge in [-0.1, -0.05) is 0 Å². The molecule has 2 aliphatic rings. The average Bonchev–Trinajstić information content (AvgIpc) is 3.60. The summed E-state index contributed by atoms with van der Waals surface area (Å²) < 4.78 is 47.9. The van der Waals surface area contributed by atoms with Crippen molar-refractivity contribution in [2.45, 2.75) is 49.1 Å². The predicted octanol–water partition coefficient (Wildman–Crippen LogP) is -3.38. The number of nitrogen functional groups attached to an aromatic ring is 2. The number of phosphoric acid groups is 1. The molecule has 0 radical (unpaired) electrons. The van der Waals surface area contributed by atoms with E-state index in [2.05, 4.69) is 24.9 Å². The Labute approximate surface area is 234 Å². The van der Waals surface area contributed by atoms with Gasteiger partial charge in [0.25, 0.3) is 5.56 Å². The summed E-state index contributed by atoms with van der Waals surface area (Å²) in [7, 11) is -2.42. The van der Waals surface area contributed by atoms with Crippen LogP contribution >= 0.6 is 7.82 Å². The second-order valence-electron chi connectivity index (χ2n) is 9.22. The number of phosphoric ester groups is 1. The number of ether oxygens (including phenoxy) is 4. The van der Waals surface area contributed by atoms with Gasteiger partial charge in [0.2, 0.25) is 11.9 Å². The number of methoxy groups -OCH3 is 2. The average molecular weight is 617 g/mol. The largest absolute Gasteiger partial charge is 0.472 e. The Morgan fingerprint density at radius 1 is 1.02 bits per heavy atom. The number of rotatable bonds is 10. The second kappa shape index (κ2) is 11.7. The van der Waals surface area contributed by atoms with E-state index in [0.29, 0.717) is 0 Å². The maximum absolute atomic E-state index is 13.0. The Morgan fingerprint density at radius 2 is 1.69 bits per heavy atom. The van der Waals surface area contributed by atoms with Gasteiger partial charge in [-0.15, -0.1) is 0 Å². The van der Waals surface area contributed by atoms with Crippen LogP contribution in [0.2, 0.25) is 0 Å². The zero-order valence-electron chi connectivity index (χ0n) is 22.0. The van der Waals surface area contributed by atoms with Crippen LogP contribution in [0.5, 0.6) is 0 Å². The number of anilines is 2. The van der Waals surface area contributed by atoms with Crippen LogP contribution in [0.1, 0.15) is 12.5 Å². The van der Waals surface area contributed by atoms with Gasteiger partial charge in [-0.05, 0) is 0 Å². The Kier molecular flexibility index (Phi) is 8.40. The molecule has 21 nitrogen and oxygen atoms in total. The lowest BCUT2D eigenvalue weighted by molar-refractivity contribution is -0.0665. The number of nitrogens with two attached hydrogens (primary N) is 2. The van der Waals surface area contributed by atoms with Gasteiger partial charge >= 0.3 is 13.5 Å². The van der Waals surface area contributed by atoms with Crippen molar-refractivity contribution in [2.75, 3.05) is 38.9 Å². The molecule has 3 aromatic heterocycles. The Bertz CT molecular complexity index is 1600. The first-order valence-corrected chi connectivity index (χ1v) is 13.7. The first-order chi connectivity index (χ1) is 20.0. The molecule has 8 N–H and O–H groups in total. The van der Waals surface area contributed by atoms with Crippen molar-refractivity contribution in [2.24, 2.45) is 0 Å². The van der Waals surface area contributed by atoms with Crippen LogP contribution < -0.4 is 22.7 Å². The lowest BCUT2D eigenvalue weighted by Crippen LogP contribution is -2.38. The van der Waals surface area contributed by atoms with Crippen molar-refractivity contribution < 1.29 is 47.7 Å². The van der Waals surface area contributed by atoms with Crippen molar-refractivity contribution in [3.63, 3.8) is 0 Å². The number of aliphatic hydroxyl groups excluding tert-OH is 2. The minimum atomic E-state index is -4.95. The molecule has 5 rings (SSSR count). The smallest absolute Gasteiger partial charge is 0.394 e. The summed E-state index contributed by atoms with van der Waals surface area (Å²) in [4.78, 5) is 52.6. The van der Waals surface area contributed by atoms with Gasteiger partial charge in [-0.3, -0.25) is 28.0 Å². The third-order valence-corrected chi connectivity index (χ3v) is 7.71. The lowest BCUT2D eigenvalue weighted by atomic mass is 10.1. The van der Waals surface area contributed by atoms with Crippen LogP contribution in [-0.2, 0) is 32.6 Å². The molecule has 2 aliphatic heterocycles. The summed E-state index contributed by atoms with van der Waals surface area (Å²) in [5.74, 6) is -0.463. The summed E-state index contributed by atoms with van der Waals surface area (Å²) in [6.07, 6.45) is -7.57. The molecule has 22 heteroatoms. The first-order valence-electron chi connectivity index (χ1n) is 12.2. The summed E-state index contributed by atoms with van der Waals surface area (Å²) in [6, 6.07) is 0. The molecule has 2 fully saturated rings. The van der Waals surface area contributed by atoms with Gasteiger partial charge in [0.05, 0.1) is 19.5 Å². The number of imidazole rings is 1. The van der Waals surface area contributed by atoms with Gasteiger partial charge in [-0.2, -0.15) is 9.97 Å². The minimum Gasteiger partial charge on any atom is -0.394 e. The molecule has 0 spiro atoms. The molecular formula is C20H28N9O12P. The molecule has 0 saturated carbocycles. The molecule has 0 aliphatic carbocycles. The van der Waals surface area contributed by atoms with Gasteiger partial charge in [0.15, 0.2) is 23.6 Å². The quantitative estimate of drug-likeness (QED) is 0.121. The molecule has 0 amide bonds. The van der Waals surface area contributed by atoms with Crippen molar-refractivity contribution in [1.29, 1.82) is 0 Å². The molecular weight excluding hydrogens is 589 g/mol. The number of fused-ring (bicyclic) bond motifs is 1. The number of H-pyrrole nitrogens is 1. The second-order valence-corrected chi connectivity index (χ2v) is 10.6. The molecule has 9 atom stereocenters. The monoisotopic (exact) mass is 617 g/mol. The molecule has 5 heterocycles. The van der Waals surface area contributed by atoms with E-state index in [0.717, 1.165) is 10.9 Å². The molecule has 2 saturated heterocycles. The summed E-state index contributed by atoms with van der Waals surface area (Å²) in [6.45, 7) is -1.35. The minimum absolute atomic E-state index is 0.0318. The molecule has 42 heavy (non-hydrogen) atoms. The molecule has 230 valence electrons.